The Morgan fingerprint density at radius 3 is 2.57 bits per heavy atom. The zero-order valence-corrected chi connectivity index (χ0v) is 9.81. The van der Waals surface area contributed by atoms with Crippen molar-refractivity contribution in [3.8, 4) is 0 Å². The molecule has 0 bridgehead atoms. The van der Waals surface area contributed by atoms with Crippen molar-refractivity contribution in [1.29, 1.82) is 0 Å². The Hall–Kier alpha value is -0.430. The topological polar surface area (TPSA) is 72.2 Å². The first-order valence-corrected chi connectivity index (χ1v) is 6.30. The van der Waals surface area contributed by atoms with E-state index in [2.05, 4.69) is 20.7 Å². The first-order chi connectivity index (χ1) is 6.58. The first kappa shape index (κ1) is 11.6. The van der Waals surface area contributed by atoms with Crippen LogP contribution >= 0.6 is 15.9 Å². The molecule has 1 aromatic rings. The Labute approximate surface area is 91.7 Å². The van der Waals surface area contributed by atoms with E-state index in [-0.39, 0.29) is 18.0 Å². The van der Waals surface area contributed by atoms with Gasteiger partial charge in [0.25, 0.3) is 0 Å². The Morgan fingerprint density at radius 2 is 2.00 bits per heavy atom. The summed E-state index contributed by atoms with van der Waals surface area (Å²) in [5.74, 6) is 0. The Bertz CT molecular complexity index is 406. The molecule has 0 aliphatic rings. The molecule has 0 heterocycles. The molecule has 0 fully saturated rings. The van der Waals surface area contributed by atoms with E-state index >= 15 is 0 Å². The summed E-state index contributed by atoms with van der Waals surface area (Å²) < 4.78 is 26.2. The van der Waals surface area contributed by atoms with Gasteiger partial charge < -0.3 is 5.73 Å². The van der Waals surface area contributed by atoms with Gasteiger partial charge in [-0.1, -0.05) is 12.1 Å². The standard InChI is InChI=1S/C8H11BrN2O2S/c9-7-3-1-2-4-8(7)14(12,13)11-6-5-10/h1-4,11H,5-6,10H2. The third-order valence-electron chi connectivity index (χ3n) is 1.56. The van der Waals surface area contributed by atoms with Crippen LogP contribution in [0.1, 0.15) is 0 Å². The lowest BCUT2D eigenvalue weighted by molar-refractivity contribution is 0.581. The molecule has 14 heavy (non-hydrogen) atoms. The van der Waals surface area contributed by atoms with Crippen LogP contribution < -0.4 is 10.5 Å². The number of nitrogens with two attached hydrogens (primary N) is 1. The number of rotatable bonds is 4. The van der Waals surface area contributed by atoms with Crippen LogP contribution in [0.2, 0.25) is 0 Å². The van der Waals surface area contributed by atoms with Gasteiger partial charge in [0, 0.05) is 17.6 Å². The molecule has 1 aromatic carbocycles. The van der Waals surface area contributed by atoms with Crippen molar-refractivity contribution in [2.45, 2.75) is 4.90 Å². The van der Waals surface area contributed by atoms with Crippen LogP contribution in [0, 0.1) is 0 Å². The number of benzene rings is 1. The van der Waals surface area contributed by atoms with E-state index in [9.17, 15) is 8.42 Å². The lowest BCUT2D eigenvalue weighted by Crippen LogP contribution is -2.29. The van der Waals surface area contributed by atoms with Crippen molar-refractivity contribution in [2.24, 2.45) is 5.73 Å². The first-order valence-electron chi connectivity index (χ1n) is 4.02. The van der Waals surface area contributed by atoms with Gasteiger partial charge in [-0.25, -0.2) is 13.1 Å². The van der Waals surface area contributed by atoms with Crippen LogP contribution in [0.3, 0.4) is 0 Å². The molecule has 0 radical (unpaired) electrons. The number of nitrogens with one attached hydrogen (secondary N) is 1. The van der Waals surface area contributed by atoms with E-state index in [1.165, 1.54) is 6.07 Å². The van der Waals surface area contributed by atoms with Gasteiger partial charge in [0.2, 0.25) is 10.0 Å². The molecular formula is C8H11BrN2O2S. The fourth-order valence-electron chi connectivity index (χ4n) is 0.934. The molecule has 0 saturated heterocycles. The monoisotopic (exact) mass is 278 g/mol. The van der Waals surface area contributed by atoms with Crippen molar-refractivity contribution >= 4 is 26.0 Å². The molecule has 0 aliphatic heterocycles. The second-order valence-electron chi connectivity index (χ2n) is 2.62. The lowest BCUT2D eigenvalue weighted by Gasteiger charge is -2.06. The summed E-state index contributed by atoms with van der Waals surface area (Å²) in [5.41, 5.74) is 5.21. The number of halogens is 1. The quantitative estimate of drug-likeness (QED) is 0.851. The second kappa shape index (κ2) is 4.88. The molecule has 0 atom stereocenters. The van der Waals surface area contributed by atoms with Gasteiger partial charge in [-0.15, -0.1) is 0 Å². The maximum atomic E-state index is 11.6. The summed E-state index contributed by atoms with van der Waals surface area (Å²) in [6, 6.07) is 6.63. The van der Waals surface area contributed by atoms with E-state index in [0.717, 1.165) is 0 Å². The zero-order valence-electron chi connectivity index (χ0n) is 7.40. The molecule has 1 rings (SSSR count). The average Bonchev–Trinajstić information content (AvgIpc) is 2.15. The van der Waals surface area contributed by atoms with Crippen molar-refractivity contribution in [2.75, 3.05) is 13.1 Å². The molecule has 4 nitrogen and oxygen atoms in total. The highest BCUT2D eigenvalue weighted by atomic mass is 79.9. The highest BCUT2D eigenvalue weighted by molar-refractivity contribution is 9.10. The summed E-state index contributed by atoms with van der Waals surface area (Å²) in [4.78, 5) is 0.230. The predicted molar refractivity (Wildman–Crippen MR) is 58.4 cm³/mol. The van der Waals surface area contributed by atoms with Crippen LogP contribution in [-0.2, 0) is 10.0 Å². The molecular weight excluding hydrogens is 268 g/mol. The van der Waals surface area contributed by atoms with Gasteiger partial charge in [-0.2, -0.15) is 0 Å². The molecule has 0 saturated carbocycles. The summed E-state index contributed by atoms with van der Waals surface area (Å²) in [7, 11) is -3.43. The molecule has 3 N–H and O–H groups in total. The fraction of sp³-hybridized carbons (Fsp3) is 0.250. The molecule has 78 valence electrons. The van der Waals surface area contributed by atoms with E-state index in [1.54, 1.807) is 18.2 Å². The highest BCUT2D eigenvalue weighted by Gasteiger charge is 2.15. The van der Waals surface area contributed by atoms with Crippen molar-refractivity contribution in [3.63, 3.8) is 0 Å². The summed E-state index contributed by atoms with van der Waals surface area (Å²) in [6.07, 6.45) is 0. The maximum absolute atomic E-state index is 11.6. The Balaban J connectivity index is 2.99. The lowest BCUT2D eigenvalue weighted by atomic mass is 10.4. The van der Waals surface area contributed by atoms with E-state index in [0.29, 0.717) is 4.47 Å². The maximum Gasteiger partial charge on any atom is 0.241 e. The van der Waals surface area contributed by atoms with Crippen LogP contribution in [0.4, 0.5) is 0 Å². The summed E-state index contributed by atoms with van der Waals surface area (Å²) >= 11 is 3.17. The van der Waals surface area contributed by atoms with Crippen LogP contribution in [0.15, 0.2) is 33.6 Å². The third-order valence-corrected chi connectivity index (χ3v) is 4.04. The van der Waals surface area contributed by atoms with Gasteiger partial charge in [0.05, 0.1) is 4.90 Å². The van der Waals surface area contributed by atoms with Crippen LogP contribution in [0.25, 0.3) is 0 Å². The predicted octanol–water partition coefficient (Wildman–Crippen LogP) is 0.686. The number of sulfonamides is 1. The smallest absolute Gasteiger partial charge is 0.241 e. The van der Waals surface area contributed by atoms with Crippen LogP contribution in [-0.4, -0.2) is 21.5 Å². The Kier molecular flexibility index (Phi) is 4.06. The third kappa shape index (κ3) is 2.78. The van der Waals surface area contributed by atoms with Crippen molar-refractivity contribution < 1.29 is 8.42 Å². The van der Waals surface area contributed by atoms with Gasteiger partial charge in [0.1, 0.15) is 0 Å². The molecule has 0 amide bonds. The zero-order chi connectivity index (χ0) is 10.6. The molecule has 0 aliphatic carbocycles. The number of hydrogen-bond acceptors (Lipinski definition) is 3. The van der Waals surface area contributed by atoms with Gasteiger partial charge >= 0.3 is 0 Å². The minimum atomic E-state index is -3.43. The van der Waals surface area contributed by atoms with E-state index in [4.69, 9.17) is 5.73 Å². The van der Waals surface area contributed by atoms with E-state index < -0.39 is 10.0 Å². The second-order valence-corrected chi connectivity index (χ2v) is 5.21. The van der Waals surface area contributed by atoms with Crippen LogP contribution in [0.5, 0.6) is 0 Å². The minimum absolute atomic E-state index is 0.230. The average molecular weight is 279 g/mol. The molecule has 0 unspecified atom stereocenters. The Morgan fingerprint density at radius 1 is 1.36 bits per heavy atom. The van der Waals surface area contributed by atoms with Gasteiger partial charge in [-0.3, -0.25) is 0 Å². The van der Waals surface area contributed by atoms with Gasteiger partial charge in [0.15, 0.2) is 0 Å². The minimum Gasteiger partial charge on any atom is -0.329 e. The summed E-state index contributed by atoms with van der Waals surface area (Å²) in [6.45, 7) is 0.521. The van der Waals surface area contributed by atoms with Crippen molar-refractivity contribution in [1.82, 2.24) is 4.72 Å². The molecule has 0 aromatic heterocycles. The fourth-order valence-corrected chi connectivity index (χ4v) is 2.98. The SMILES string of the molecule is NCCNS(=O)(=O)c1ccccc1Br. The largest absolute Gasteiger partial charge is 0.329 e. The molecule has 6 heteroatoms. The van der Waals surface area contributed by atoms with E-state index in [1.807, 2.05) is 0 Å². The highest BCUT2D eigenvalue weighted by Crippen LogP contribution is 2.20. The number of hydrogen-bond donors (Lipinski definition) is 2. The molecule has 0 spiro atoms. The van der Waals surface area contributed by atoms with Gasteiger partial charge in [-0.05, 0) is 28.1 Å². The normalized spacial score (nSPS) is 11.6. The summed E-state index contributed by atoms with van der Waals surface area (Å²) in [5, 5.41) is 0. The van der Waals surface area contributed by atoms with Crippen molar-refractivity contribution in [3.05, 3.63) is 28.7 Å².